The van der Waals surface area contributed by atoms with Crippen molar-refractivity contribution in [2.75, 3.05) is 31.5 Å². The highest BCUT2D eigenvalue weighted by atomic mass is 15.1. The summed E-state index contributed by atoms with van der Waals surface area (Å²) < 4.78 is 0. The van der Waals surface area contributed by atoms with Crippen LogP contribution in [0.25, 0.3) is 23.1 Å². The molecule has 188 valence electrons. The maximum atomic E-state index is 9.84. The van der Waals surface area contributed by atoms with E-state index in [1.807, 2.05) is 13.1 Å². The maximum Gasteiger partial charge on any atom is 0.103 e. The molecule has 6 heteroatoms. The number of nitrogens with zero attached hydrogens (tertiary/aromatic N) is 3. The Morgan fingerprint density at radius 2 is 1.97 bits per heavy atom. The minimum Gasteiger partial charge on any atom is -0.361 e. The lowest BCUT2D eigenvalue weighted by atomic mass is 10.0. The summed E-state index contributed by atoms with van der Waals surface area (Å²) in [4.78, 5) is 10.3. The lowest BCUT2D eigenvalue weighted by Crippen LogP contribution is -2.29. The number of aromatic amines is 1. The molecule has 1 fully saturated rings. The van der Waals surface area contributed by atoms with Gasteiger partial charge in [-0.25, -0.2) is 0 Å². The lowest BCUT2D eigenvalue weighted by Gasteiger charge is -2.16. The lowest BCUT2D eigenvalue weighted by molar-refractivity contribution is 0.335. The van der Waals surface area contributed by atoms with E-state index >= 15 is 0 Å². The number of likely N-dealkylation sites (tertiary alicyclic amines) is 1. The molecule has 2 aromatic carbocycles. The molecular weight excluding hydrogens is 456 g/mol. The Labute approximate surface area is 219 Å². The molecule has 2 aromatic heterocycles. The van der Waals surface area contributed by atoms with Gasteiger partial charge in [0.1, 0.15) is 6.07 Å². The zero-order valence-corrected chi connectivity index (χ0v) is 21.6. The minimum atomic E-state index is 0.523. The summed E-state index contributed by atoms with van der Waals surface area (Å²) in [5, 5.41) is 18.1. The number of fused-ring (bicyclic) bond motifs is 1. The normalized spacial score (nSPS) is 14.0. The number of pyridine rings is 1. The predicted molar refractivity (Wildman–Crippen MR) is 153 cm³/mol. The number of nitriles is 1. The van der Waals surface area contributed by atoms with Gasteiger partial charge in [0.25, 0.3) is 0 Å². The van der Waals surface area contributed by atoms with E-state index in [4.69, 9.17) is 0 Å². The zero-order valence-electron chi connectivity index (χ0n) is 21.6. The summed E-state index contributed by atoms with van der Waals surface area (Å²) >= 11 is 0. The molecule has 0 saturated carbocycles. The van der Waals surface area contributed by atoms with Crippen molar-refractivity contribution in [2.45, 2.75) is 33.2 Å². The number of hydrogen-bond acceptors (Lipinski definition) is 5. The second-order valence-corrected chi connectivity index (χ2v) is 9.76. The van der Waals surface area contributed by atoms with E-state index in [9.17, 15) is 5.26 Å². The molecule has 0 unspecified atom stereocenters. The van der Waals surface area contributed by atoms with E-state index in [1.54, 1.807) is 6.20 Å². The van der Waals surface area contributed by atoms with Gasteiger partial charge in [0.2, 0.25) is 0 Å². The van der Waals surface area contributed by atoms with Gasteiger partial charge >= 0.3 is 0 Å². The largest absolute Gasteiger partial charge is 0.361 e. The van der Waals surface area contributed by atoms with E-state index in [1.165, 1.54) is 31.5 Å². The number of anilines is 2. The van der Waals surface area contributed by atoms with Crippen LogP contribution < -0.4 is 10.6 Å². The maximum absolute atomic E-state index is 9.84. The Hall–Kier alpha value is -3.92. The Balaban J connectivity index is 1.35. The van der Waals surface area contributed by atoms with Crippen LogP contribution in [0.4, 0.5) is 11.4 Å². The number of aryl methyl sites for hydroxylation is 2. The molecule has 1 saturated heterocycles. The molecular formula is C31H34N6. The summed E-state index contributed by atoms with van der Waals surface area (Å²) in [7, 11) is 0. The highest BCUT2D eigenvalue weighted by Gasteiger charge is 2.14. The van der Waals surface area contributed by atoms with Crippen molar-refractivity contribution in [1.29, 1.82) is 5.26 Å². The summed E-state index contributed by atoms with van der Waals surface area (Å²) in [6, 6.07) is 17.1. The molecule has 1 aliphatic rings. The molecule has 0 aliphatic carbocycles. The van der Waals surface area contributed by atoms with E-state index < -0.39 is 0 Å². The van der Waals surface area contributed by atoms with E-state index in [-0.39, 0.29) is 0 Å². The molecule has 0 bridgehead atoms. The molecule has 3 N–H and O–H groups in total. The van der Waals surface area contributed by atoms with E-state index in [2.05, 4.69) is 93.1 Å². The van der Waals surface area contributed by atoms with Crippen molar-refractivity contribution in [3.8, 4) is 6.07 Å². The first kappa shape index (κ1) is 24.8. The first-order valence-electron chi connectivity index (χ1n) is 13.1. The van der Waals surface area contributed by atoms with Crippen LogP contribution in [-0.4, -0.2) is 41.0 Å². The van der Waals surface area contributed by atoms with Crippen LogP contribution >= 0.6 is 0 Å². The van der Waals surface area contributed by atoms with Gasteiger partial charge in [0.15, 0.2) is 0 Å². The summed E-state index contributed by atoms with van der Waals surface area (Å²) in [5.74, 6) is 0. The van der Waals surface area contributed by atoms with Crippen LogP contribution in [-0.2, 0) is 6.54 Å². The molecule has 0 atom stereocenters. The van der Waals surface area contributed by atoms with Crippen molar-refractivity contribution in [3.05, 3.63) is 88.4 Å². The highest BCUT2D eigenvalue weighted by molar-refractivity contribution is 5.90. The van der Waals surface area contributed by atoms with Crippen LogP contribution in [0.5, 0.6) is 0 Å². The van der Waals surface area contributed by atoms with Gasteiger partial charge in [-0.05, 0) is 74.7 Å². The predicted octanol–water partition coefficient (Wildman–Crippen LogP) is 6.15. The van der Waals surface area contributed by atoms with Gasteiger partial charge < -0.3 is 20.5 Å². The standard InChI is InChI=1S/C31H34N6/c1-22-27-12-13-34-30(27)11-10-29(22)36-31-26(19-32)21-35-23(2)28(31)9-8-24-6-5-7-25(18-24)20-33-14-17-37-15-3-4-16-37/h5-13,18,21,33-34H,3-4,14-17,20H2,1-2H3,(H,35,36). The number of aromatic nitrogens is 2. The number of benzene rings is 2. The van der Waals surface area contributed by atoms with Crippen molar-refractivity contribution in [2.24, 2.45) is 0 Å². The first-order valence-corrected chi connectivity index (χ1v) is 13.1. The van der Waals surface area contributed by atoms with Crippen molar-refractivity contribution in [1.82, 2.24) is 20.2 Å². The Kier molecular flexibility index (Phi) is 7.65. The summed E-state index contributed by atoms with van der Waals surface area (Å²) in [6.45, 7) is 9.53. The fraction of sp³-hybridized carbons (Fsp3) is 0.290. The number of nitrogens with one attached hydrogen (secondary N) is 3. The third-order valence-corrected chi connectivity index (χ3v) is 7.23. The Morgan fingerprint density at radius 1 is 1.11 bits per heavy atom. The zero-order chi connectivity index (χ0) is 25.6. The van der Waals surface area contributed by atoms with Gasteiger partial charge in [-0.3, -0.25) is 4.98 Å². The Morgan fingerprint density at radius 3 is 2.81 bits per heavy atom. The van der Waals surface area contributed by atoms with Crippen molar-refractivity contribution >= 4 is 34.4 Å². The first-order chi connectivity index (χ1) is 18.1. The number of rotatable bonds is 9. The molecule has 3 heterocycles. The third-order valence-electron chi connectivity index (χ3n) is 7.23. The van der Waals surface area contributed by atoms with E-state index in [0.29, 0.717) is 5.56 Å². The van der Waals surface area contributed by atoms with Crippen LogP contribution in [0.15, 0.2) is 54.9 Å². The fourth-order valence-corrected chi connectivity index (χ4v) is 5.06. The summed E-state index contributed by atoms with van der Waals surface area (Å²) in [6.07, 6.45) is 10.4. The number of H-pyrrole nitrogens is 1. The van der Waals surface area contributed by atoms with Gasteiger partial charge in [-0.1, -0.05) is 36.4 Å². The summed E-state index contributed by atoms with van der Waals surface area (Å²) in [5.41, 5.74) is 8.69. The third kappa shape index (κ3) is 5.75. The van der Waals surface area contributed by atoms with Crippen LogP contribution in [0.3, 0.4) is 0 Å². The van der Waals surface area contributed by atoms with Crippen LogP contribution in [0.1, 0.15) is 46.4 Å². The van der Waals surface area contributed by atoms with Gasteiger partial charge in [-0.15, -0.1) is 0 Å². The number of hydrogen-bond donors (Lipinski definition) is 3. The Bertz CT molecular complexity index is 1450. The molecule has 37 heavy (non-hydrogen) atoms. The fourth-order valence-electron chi connectivity index (χ4n) is 5.06. The molecule has 1 aliphatic heterocycles. The quantitative estimate of drug-likeness (QED) is 0.245. The second kappa shape index (κ2) is 11.4. The van der Waals surface area contributed by atoms with Gasteiger partial charge in [0, 0.05) is 59.9 Å². The van der Waals surface area contributed by atoms with Gasteiger partial charge in [0.05, 0.1) is 11.3 Å². The molecule has 0 amide bonds. The molecule has 5 rings (SSSR count). The van der Waals surface area contributed by atoms with Crippen molar-refractivity contribution < 1.29 is 0 Å². The van der Waals surface area contributed by atoms with Crippen molar-refractivity contribution in [3.63, 3.8) is 0 Å². The van der Waals surface area contributed by atoms with Crippen LogP contribution in [0, 0.1) is 25.2 Å². The molecule has 4 aromatic rings. The SMILES string of the molecule is Cc1ncc(C#N)c(Nc2ccc3[nH]ccc3c2C)c1C=Cc1cccc(CNCCN2CCCC2)c1. The van der Waals surface area contributed by atoms with Crippen LogP contribution in [0.2, 0.25) is 0 Å². The average Bonchev–Trinajstić information content (AvgIpc) is 3.61. The topological polar surface area (TPSA) is 79.8 Å². The minimum absolute atomic E-state index is 0.523. The van der Waals surface area contributed by atoms with E-state index in [0.717, 1.165) is 64.3 Å². The molecule has 0 spiro atoms. The molecule has 6 nitrogen and oxygen atoms in total. The van der Waals surface area contributed by atoms with Gasteiger partial charge in [-0.2, -0.15) is 5.26 Å². The monoisotopic (exact) mass is 490 g/mol. The smallest absolute Gasteiger partial charge is 0.103 e. The average molecular weight is 491 g/mol. The molecule has 0 radical (unpaired) electrons. The highest BCUT2D eigenvalue weighted by Crippen LogP contribution is 2.32. The second-order valence-electron chi connectivity index (χ2n) is 9.76.